The normalized spacial score (nSPS) is 14.5. The number of nitrogens with zero attached hydrogens (tertiary/aromatic N) is 4. The molecule has 0 radical (unpaired) electrons. The zero-order chi connectivity index (χ0) is 16.5. The Bertz CT molecular complexity index is 914. The Morgan fingerprint density at radius 1 is 1.38 bits per heavy atom. The van der Waals surface area contributed by atoms with E-state index in [0.717, 1.165) is 47.7 Å². The minimum absolute atomic E-state index is 0.0678. The van der Waals surface area contributed by atoms with E-state index in [1.807, 2.05) is 25.1 Å². The summed E-state index contributed by atoms with van der Waals surface area (Å²) >= 11 is 0. The summed E-state index contributed by atoms with van der Waals surface area (Å²) in [7, 11) is 0. The van der Waals surface area contributed by atoms with Gasteiger partial charge in [-0.2, -0.15) is 5.10 Å². The summed E-state index contributed by atoms with van der Waals surface area (Å²) in [5, 5.41) is 7.22. The van der Waals surface area contributed by atoms with Gasteiger partial charge in [-0.1, -0.05) is 0 Å². The van der Waals surface area contributed by atoms with Gasteiger partial charge in [0.15, 0.2) is 0 Å². The van der Waals surface area contributed by atoms with Gasteiger partial charge in [-0.25, -0.2) is 4.98 Å². The van der Waals surface area contributed by atoms with Crippen LogP contribution in [0.5, 0.6) is 0 Å². The number of aryl methyl sites for hydroxylation is 1. The molecule has 1 aliphatic rings. The molecule has 3 aromatic heterocycles. The van der Waals surface area contributed by atoms with Crippen LogP contribution >= 0.6 is 0 Å². The van der Waals surface area contributed by atoms with Gasteiger partial charge >= 0.3 is 0 Å². The van der Waals surface area contributed by atoms with E-state index in [0.29, 0.717) is 12.4 Å². The van der Waals surface area contributed by atoms with E-state index in [1.54, 1.807) is 12.4 Å². The van der Waals surface area contributed by atoms with Crippen molar-refractivity contribution in [1.29, 1.82) is 0 Å². The Kier molecular flexibility index (Phi) is 3.70. The number of H-pyrrole nitrogens is 2. The molecule has 4 rings (SSSR count). The summed E-state index contributed by atoms with van der Waals surface area (Å²) in [5.74, 6) is 0.586. The molecule has 7 nitrogen and oxygen atoms in total. The first-order chi connectivity index (χ1) is 11.7. The van der Waals surface area contributed by atoms with Gasteiger partial charge in [0.25, 0.3) is 5.56 Å². The number of aromatic amines is 2. The van der Waals surface area contributed by atoms with Crippen molar-refractivity contribution >= 4 is 0 Å². The number of nitrogens with one attached hydrogen (secondary N) is 2. The van der Waals surface area contributed by atoms with E-state index in [4.69, 9.17) is 0 Å². The van der Waals surface area contributed by atoms with Crippen LogP contribution in [0.1, 0.15) is 22.6 Å². The van der Waals surface area contributed by atoms with Gasteiger partial charge in [-0.05, 0) is 25.1 Å². The molecule has 0 unspecified atom stereocenters. The van der Waals surface area contributed by atoms with E-state index in [1.165, 1.54) is 0 Å². The molecule has 0 saturated carbocycles. The summed E-state index contributed by atoms with van der Waals surface area (Å²) in [5.41, 5.74) is 4.43. The molecule has 0 atom stereocenters. The molecule has 0 bridgehead atoms. The van der Waals surface area contributed by atoms with Crippen LogP contribution in [0.25, 0.3) is 11.4 Å². The van der Waals surface area contributed by atoms with E-state index in [9.17, 15) is 4.79 Å². The summed E-state index contributed by atoms with van der Waals surface area (Å²) in [4.78, 5) is 26.3. The third-order valence-corrected chi connectivity index (χ3v) is 4.23. The Labute approximate surface area is 138 Å². The Morgan fingerprint density at radius 2 is 2.29 bits per heavy atom. The van der Waals surface area contributed by atoms with Crippen molar-refractivity contribution in [2.45, 2.75) is 26.4 Å². The van der Waals surface area contributed by atoms with Crippen LogP contribution in [0.4, 0.5) is 0 Å². The maximum absolute atomic E-state index is 12.5. The molecule has 0 fully saturated rings. The van der Waals surface area contributed by atoms with Gasteiger partial charge in [-0.15, -0.1) is 0 Å². The SMILES string of the molecule is Cc1cc(CN2CCc3nc(-c4cccnc4)[nH]c(=O)c3C2)n[nH]1. The van der Waals surface area contributed by atoms with E-state index >= 15 is 0 Å². The molecule has 0 aliphatic carbocycles. The molecule has 0 saturated heterocycles. The third kappa shape index (κ3) is 2.85. The zero-order valence-corrected chi connectivity index (χ0v) is 13.4. The second-order valence-corrected chi connectivity index (χ2v) is 6.08. The number of hydrogen-bond acceptors (Lipinski definition) is 5. The monoisotopic (exact) mass is 322 g/mol. The first kappa shape index (κ1) is 14.8. The molecule has 3 aromatic rings. The van der Waals surface area contributed by atoms with Gasteiger partial charge in [-0.3, -0.25) is 19.8 Å². The average Bonchev–Trinajstić information content (AvgIpc) is 3.01. The highest BCUT2D eigenvalue weighted by atomic mass is 16.1. The lowest BCUT2D eigenvalue weighted by atomic mass is 10.1. The Morgan fingerprint density at radius 3 is 3.04 bits per heavy atom. The van der Waals surface area contributed by atoms with Crippen molar-refractivity contribution in [2.75, 3.05) is 6.54 Å². The Hall–Kier alpha value is -2.80. The molecule has 7 heteroatoms. The van der Waals surface area contributed by atoms with Gasteiger partial charge in [0.2, 0.25) is 0 Å². The fraction of sp³-hybridized carbons (Fsp3) is 0.294. The maximum Gasteiger partial charge on any atom is 0.255 e. The van der Waals surface area contributed by atoms with E-state index < -0.39 is 0 Å². The number of aromatic nitrogens is 5. The topological polar surface area (TPSA) is 90.6 Å². The average molecular weight is 322 g/mol. The van der Waals surface area contributed by atoms with Crippen LogP contribution in [0.3, 0.4) is 0 Å². The second-order valence-electron chi connectivity index (χ2n) is 6.08. The highest BCUT2D eigenvalue weighted by Crippen LogP contribution is 2.19. The molecule has 24 heavy (non-hydrogen) atoms. The Balaban J connectivity index is 1.59. The molecular formula is C17H18N6O. The minimum atomic E-state index is -0.0678. The molecule has 0 amide bonds. The predicted molar refractivity (Wildman–Crippen MR) is 89.2 cm³/mol. The fourth-order valence-corrected chi connectivity index (χ4v) is 3.04. The van der Waals surface area contributed by atoms with Crippen LogP contribution in [0.15, 0.2) is 35.4 Å². The third-order valence-electron chi connectivity index (χ3n) is 4.23. The van der Waals surface area contributed by atoms with Gasteiger partial charge in [0, 0.05) is 49.7 Å². The maximum atomic E-state index is 12.5. The zero-order valence-electron chi connectivity index (χ0n) is 13.4. The lowest BCUT2D eigenvalue weighted by Crippen LogP contribution is -2.35. The first-order valence-corrected chi connectivity index (χ1v) is 7.95. The van der Waals surface area contributed by atoms with Crippen LogP contribution in [-0.2, 0) is 19.5 Å². The summed E-state index contributed by atoms with van der Waals surface area (Å²) in [6.45, 7) is 4.17. The van der Waals surface area contributed by atoms with Crippen molar-refractivity contribution in [2.24, 2.45) is 0 Å². The number of fused-ring (bicyclic) bond motifs is 1. The van der Waals surface area contributed by atoms with Crippen LogP contribution in [0.2, 0.25) is 0 Å². The standard InChI is InChI=1S/C17H18N6O/c1-11-7-13(22-21-11)9-23-6-4-15-14(10-23)17(24)20-16(19-15)12-3-2-5-18-8-12/h2-3,5,7-8H,4,6,9-10H2,1H3,(H,21,22)(H,19,20,24). The number of hydrogen-bond donors (Lipinski definition) is 2. The highest BCUT2D eigenvalue weighted by Gasteiger charge is 2.22. The molecule has 0 spiro atoms. The largest absolute Gasteiger partial charge is 0.306 e. The van der Waals surface area contributed by atoms with Crippen molar-refractivity contribution in [3.63, 3.8) is 0 Å². The number of pyridine rings is 1. The fourth-order valence-electron chi connectivity index (χ4n) is 3.04. The van der Waals surface area contributed by atoms with Crippen molar-refractivity contribution < 1.29 is 0 Å². The first-order valence-electron chi connectivity index (χ1n) is 7.95. The van der Waals surface area contributed by atoms with Crippen LogP contribution < -0.4 is 5.56 Å². The van der Waals surface area contributed by atoms with Gasteiger partial charge < -0.3 is 4.98 Å². The molecule has 1 aliphatic heterocycles. The summed E-state index contributed by atoms with van der Waals surface area (Å²) in [6.07, 6.45) is 4.17. The molecular weight excluding hydrogens is 304 g/mol. The highest BCUT2D eigenvalue weighted by molar-refractivity contribution is 5.53. The minimum Gasteiger partial charge on any atom is -0.306 e. The van der Waals surface area contributed by atoms with Crippen molar-refractivity contribution in [3.05, 3.63) is 63.6 Å². The van der Waals surface area contributed by atoms with Gasteiger partial charge in [0.1, 0.15) is 5.82 Å². The molecule has 2 N–H and O–H groups in total. The lowest BCUT2D eigenvalue weighted by molar-refractivity contribution is 0.239. The van der Waals surface area contributed by atoms with E-state index in [2.05, 4.69) is 30.0 Å². The van der Waals surface area contributed by atoms with Crippen molar-refractivity contribution in [3.8, 4) is 11.4 Å². The quantitative estimate of drug-likeness (QED) is 0.761. The predicted octanol–water partition coefficient (Wildman–Crippen LogP) is 1.42. The molecule has 4 heterocycles. The molecule has 0 aromatic carbocycles. The lowest BCUT2D eigenvalue weighted by Gasteiger charge is -2.26. The van der Waals surface area contributed by atoms with E-state index in [-0.39, 0.29) is 5.56 Å². The smallest absolute Gasteiger partial charge is 0.255 e. The van der Waals surface area contributed by atoms with Crippen molar-refractivity contribution in [1.82, 2.24) is 30.0 Å². The van der Waals surface area contributed by atoms with Crippen LogP contribution in [-0.4, -0.2) is 36.6 Å². The summed E-state index contributed by atoms with van der Waals surface area (Å²) in [6, 6.07) is 5.76. The molecule has 122 valence electrons. The van der Waals surface area contributed by atoms with Gasteiger partial charge in [0.05, 0.1) is 17.0 Å². The second kappa shape index (κ2) is 6.01. The summed E-state index contributed by atoms with van der Waals surface area (Å²) < 4.78 is 0. The van der Waals surface area contributed by atoms with Crippen LogP contribution in [0, 0.1) is 6.92 Å². The number of rotatable bonds is 3.